The molecule has 6 heteroatoms. The third kappa shape index (κ3) is 3.74. The van der Waals surface area contributed by atoms with Gasteiger partial charge in [0.1, 0.15) is 11.4 Å². The number of rotatable bonds is 6. The third-order valence-electron chi connectivity index (χ3n) is 4.58. The van der Waals surface area contributed by atoms with E-state index in [1.807, 2.05) is 61.9 Å². The molecule has 0 aliphatic heterocycles. The minimum Gasteiger partial charge on any atom is -0.497 e. The largest absolute Gasteiger partial charge is 0.497 e. The van der Waals surface area contributed by atoms with Crippen LogP contribution >= 0.6 is 0 Å². The van der Waals surface area contributed by atoms with Crippen molar-refractivity contribution in [3.8, 4) is 5.75 Å². The second kappa shape index (κ2) is 7.45. The minimum atomic E-state index is 0.572. The lowest BCUT2D eigenvalue weighted by molar-refractivity contribution is 0.415. The molecule has 1 aromatic carbocycles. The molecule has 0 saturated carbocycles. The number of hydrogen-bond acceptors (Lipinski definition) is 5. The van der Waals surface area contributed by atoms with E-state index in [4.69, 9.17) is 9.72 Å². The number of hydrogen-bond donors (Lipinski definition) is 1. The molecular formula is C21H21N5O. The Morgan fingerprint density at radius 1 is 1.11 bits per heavy atom. The number of methoxy groups -OCH3 is 1. The molecule has 0 aliphatic rings. The number of nitrogens with one attached hydrogen (secondary N) is 1. The summed E-state index contributed by atoms with van der Waals surface area (Å²) in [5.41, 5.74) is 4.21. The zero-order chi connectivity index (χ0) is 18.6. The van der Waals surface area contributed by atoms with Gasteiger partial charge in [-0.3, -0.25) is 4.98 Å². The lowest BCUT2D eigenvalue weighted by atomic mass is 10.2. The van der Waals surface area contributed by atoms with Crippen molar-refractivity contribution >= 4 is 22.7 Å². The van der Waals surface area contributed by atoms with Crippen molar-refractivity contribution in [2.45, 2.75) is 19.9 Å². The monoisotopic (exact) mass is 359 g/mol. The van der Waals surface area contributed by atoms with Crippen LogP contribution in [0.15, 0.2) is 61.2 Å². The van der Waals surface area contributed by atoms with Gasteiger partial charge in [-0.15, -0.1) is 0 Å². The molecule has 6 nitrogen and oxygen atoms in total. The van der Waals surface area contributed by atoms with Crippen LogP contribution in [-0.4, -0.2) is 26.6 Å². The predicted molar refractivity (Wildman–Crippen MR) is 106 cm³/mol. The Morgan fingerprint density at radius 3 is 2.78 bits per heavy atom. The number of aromatic nitrogens is 4. The number of nitrogens with zero attached hydrogens (tertiary/aromatic N) is 4. The van der Waals surface area contributed by atoms with Crippen LogP contribution in [0.2, 0.25) is 0 Å². The van der Waals surface area contributed by atoms with Gasteiger partial charge < -0.3 is 14.6 Å². The number of ether oxygens (including phenoxy) is 1. The topological polar surface area (TPSA) is 64.9 Å². The zero-order valence-electron chi connectivity index (χ0n) is 15.4. The highest BCUT2D eigenvalue weighted by Crippen LogP contribution is 2.25. The molecule has 3 aromatic heterocycles. The van der Waals surface area contributed by atoms with Gasteiger partial charge in [0, 0.05) is 48.5 Å². The predicted octanol–water partition coefficient (Wildman–Crippen LogP) is 4.13. The van der Waals surface area contributed by atoms with Crippen LogP contribution in [-0.2, 0) is 13.0 Å². The van der Waals surface area contributed by atoms with Gasteiger partial charge >= 0.3 is 0 Å². The SMILES string of the molecule is COc1ccc(C)c(Nc2ncc3ccn(CCc4ccncc4)c3n2)c1. The van der Waals surface area contributed by atoms with Crippen molar-refractivity contribution in [3.63, 3.8) is 0 Å². The van der Waals surface area contributed by atoms with Crippen LogP contribution < -0.4 is 10.1 Å². The van der Waals surface area contributed by atoms with E-state index in [-0.39, 0.29) is 0 Å². The Morgan fingerprint density at radius 2 is 1.96 bits per heavy atom. The zero-order valence-corrected chi connectivity index (χ0v) is 15.4. The van der Waals surface area contributed by atoms with Gasteiger partial charge in [-0.05, 0) is 48.7 Å². The summed E-state index contributed by atoms with van der Waals surface area (Å²) < 4.78 is 7.46. The number of benzene rings is 1. The first-order chi connectivity index (χ1) is 13.2. The van der Waals surface area contributed by atoms with Crippen molar-refractivity contribution < 1.29 is 4.74 Å². The maximum absolute atomic E-state index is 5.31. The van der Waals surface area contributed by atoms with Crippen molar-refractivity contribution in [1.82, 2.24) is 19.5 Å². The van der Waals surface area contributed by atoms with E-state index in [1.165, 1.54) is 5.56 Å². The lowest BCUT2D eigenvalue weighted by Crippen LogP contribution is -2.04. The highest BCUT2D eigenvalue weighted by molar-refractivity contribution is 5.77. The Kier molecular flexibility index (Phi) is 4.70. The molecule has 1 N–H and O–H groups in total. The highest BCUT2D eigenvalue weighted by Gasteiger charge is 2.08. The molecule has 0 radical (unpaired) electrons. The summed E-state index contributed by atoms with van der Waals surface area (Å²) >= 11 is 0. The standard InChI is InChI=1S/C21H21N5O/c1-15-3-4-18(27-2)13-19(15)24-21-23-14-17-8-12-26(20(17)25-21)11-7-16-5-9-22-10-6-16/h3-6,8-10,12-14H,7,11H2,1-2H3,(H,23,24,25). The van der Waals surface area contributed by atoms with E-state index in [0.717, 1.165) is 41.0 Å². The van der Waals surface area contributed by atoms with Crippen molar-refractivity contribution in [1.29, 1.82) is 0 Å². The normalized spacial score (nSPS) is 10.9. The molecule has 0 saturated heterocycles. The summed E-state index contributed by atoms with van der Waals surface area (Å²) in [6.07, 6.45) is 8.48. The van der Waals surface area contributed by atoms with E-state index in [1.54, 1.807) is 7.11 Å². The maximum Gasteiger partial charge on any atom is 0.229 e. The summed E-state index contributed by atoms with van der Waals surface area (Å²) in [7, 11) is 1.66. The summed E-state index contributed by atoms with van der Waals surface area (Å²) in [4.78, 5) is 13.2. The molecule has 0 atom stereocenters. The van der Waals surface area contributed by atoms with E-state index in [0.29, 0.717) is 5.95 Å². The van der Waals surface area contributed by atoms with Crippen LogP contribution in [0.1, 0.15) is 11.1 Å². The number of pyridine rings is 1. The Hall–Kier alpha value is -3.41. The molecule has 0 bridgehead atoms. The van der Waals surface area contributed by atoms with Crippen LogP contribution in [0.5, 0.6) is 5.75 Å². The van der Waals surface area contributed by atoms with E-state index in [9.17, 15) is 0 Å². The van der Waals surface area contributed by atoms with Gasteiger partial charge in [-0.1, -0.05) is 6.07 Å². The van der Waals surface area contributed by atoms with Gasteiger partial charge in [0.15, 0.2) is 0 Å². The second-order valence-corrected chi connectivity index (χ2v) is 6.39. The van der Waals surface area contributed by atoms with Crippen LogP contribution in [0.4, 0.5) is 11.6 Å². The van der Waals surface area contributed by atoms with Crippen LogP contribution in [0.25, 0.3) is 11.0 Å². The molecule has 4 aromatic rings. The lowest BCUT2D eigenvalue weighted by Gasteiger charge is -2.11. The fourth-order valence-electron chi connectivity index (χ4n) is 2.99. The van der Waals surface area contributed by atoms with Crippen molar-refractivity contribution in [2.24, 2.45) is 0 Å². The first-order valence-corrected chi connectivity index (χ1v) is 8.85. The van der Waals surface area contributed by atoms with Gasteiger partial charge in [-0.25, -0.2) is 4.98 Å². The van der Waals surface area contributed by atoms with Crippen molar-refractivity contribution in [2.75, 3.05) is 12.4 Å². The van der Waals surface area contributed by atoms with Crippen LogP contribution in [0, 0.1) is 6.92 Å². The fourth-order valence-corrected chi connectivity index (χ4v) is 2.99. The maximum atomic E-state index is 5.31. The molecule has 4 rings (SSSR count). The molecule has 0 amide bonds. The molecule has 27 heavy (non-hydrogen) atoms. The van der Waals surface area contributed by atoms with Gasteiger partial charge in [0.2, 0.25) is 5.95 Å². The van der Waals surface area contributed by atoms with Gasteiger partial charge in [0.25, 0.3) is 0 Å². The van der Waals surface area contributed by atoms with Crippen molar-refractivity contribution in [3.05, 3.63) is 72.3 Å². The summed E-state index contributed by atoms with van der Waals surface area (Å²) in [6, 6.07) is 12.0. The fraction of sp³-hybridized carbons (Fsp3) is 0.190. The average molecular weight is 359 g/mol. The first-order valence-electron chi connectivity index (χ1n) is 8.85. The quantitative estimate of drug-likeness (QED) is 0.561. The molecule has 0 unspecified atom stereocenters. The number of aryl methyl sites for hydroxylation is 3. The average Bonchev–Trinajstić information content (AvgIpc) is 3.11. The van der Waals surface area contributed by atoms with Gasteiger partial charge in [0.05, 0.1) is 7.11 Å². The minimum absolute atomic E-state index is 0.572. The molecule has 3 heterocycles. The molecular weight excluding hydrogens is 338 g/mol. The highest BCUT2D eigenvalue weighted by atomic mass is 16.5. The summed E-state index contributed by atoms with van der Waals surface area (Å²) in [6.45, 7) is 2.89. The number of anilines is 2. The summed E-state index contributed by atoms with van der Waals surface area (Å²) in [5.74, 6) is 1.37. The van der Waals surface area contributed by atoms with E-state index >= 15 is 0 Å². The molecule has 0 fully saturated rings. The third-order valence-corrected chi connectivity index (χ3v) is 4.58. The number of fused-ring (bicyclic) bond motifs is 1. The molecule has 0 spiro atoms. The second-order valence-electron chi connectivity index (χ2n) is 6.39. The Labute approximate surface area is 157 Å². The Bertz CT molecular complexity index is 1060. The summed E-state index contributed by atoms with van der Waals surface area (Å²) in [5, 5.41) is 4.33. The molecule has 0 aliphatic carbocycles. The van der Waals surface area contributed by atoms with Gasteiger partial charge in [-0.2, -0.15) is 4.98 Å². The van der Waals surface area contributed by atoms with E-state index < -0.39 is 0 Å². The first kappa shape index (κ1) is 17.0. The Balaban J connectivity index is 1.58. The van der Waals surface area contributed by atoms with Crippen LogP contribution in [0.3, 0.4) is 0 Å². The molecule has 136 valence electrons. The smallest absolute Gasteiger partial charge is 0.229 e. The van der Waals surface area contributed by atoms with E-state index in [2.05, 4.69) is 26.0 Å².